The lowest BCUT2D eigenvalue weighted by Crippen LogP contribution is -2.48. The number of aromatic nitrogens is 2. The molecule has 2 aromatic rings. The summed E-state index contributed by atoms with van der Waals surface area (Å²) in [6, 6.07) is 5.86. The number of nitro groups is 1. The first-order valence-corrected chi connectivity index (χ1v) is 8.20. The topological polar surface area (TPSA) is 114 Å². The number of ether oxygens (including phenoxy) is 2. The van der Waals surface area contributed by atoms with Crippen molar-refractivity contribution in [2.24, 2.45) is 0 Å². The van der Waals surface area contributed by atoms with Gasteiger partial charge in [0, 0.05) is 32.7 Å². The first-order valence-electron chi connectivity index (χ1n) is 8.20. The molecule has 0 aliphatic carbocycles. The molecule has 1 saturated heterocycles. The van der Waals surface area contributed by atoms with Crippen molar-refractivity contribution in [1.29, 1.82) is 0 Å². The van der Waals surface area contributed by atoms with Gasteiger partial charge in [0.1, 0.15) is 6.20 Å². The normalized spacial score (nSPS) is 16.7. The third-order valence-electron chi connectivity index (χ3n) is 4.53. The molecule has 4 rings (SSSR count). The molecule has 0 unspecified atom stereocenters. The summed E-state index contributed by atoms with van der Waals surface area (Å²) in [5.41, 5.74) is 0.746. The molecule has 1 amide bonds. The van der Waals surface area contributed by atoms with Crippen LogP contribution in [-0.2, 0) is 6.54 Å². The van der Waals surface area contributed by atoms with E-state index in [1.165, 1.54) is 0 Å². The summed E-state index contributed by atoms with van der Waals surface area (Å²) in [6.45, 7) is 3.35. The number of hydrogen-bond acceptors (Lipinski definition) is 7. The Hall–Kier alpha value is -3.14. The molecule has 0 spiro atoms. The number of carbonyl (C=O) groups is 1. The summed E-state index contributed by atoms with van der Waals surface area (Å²) in [5.74, 6) is 1.12. The predicted octanol–water partition coefficient (Wildman–Crippen LogP) is 1.00. The van der Waals surface area contributed by atoms with E-state index in [1.54, 1.807) is 4.90 Å². The van der Waals surface area contributed by atoms with E-state index in [1.807, 2.05) is 18.2 Å². The van der Waals surface area contributed by atoms with Crippen LogP contribution in [0.25, 0.3) is 0 Å². The zero-order valence-corrected chi connectivity index (χ0v) is 13.9. The summed E-state index contributed by atoms with van der Waals surface area (Å²) in [5, 5.41) is 17.0. The fourth-order valence-corrected chi connectivity index (χ4v) is 3.14. The van der Waals surface area contributed by atoms with E-state index in [0.717, 1.165) is 29.8 Å². The van der Waals surface area contributed by atoms with Gasteiger partial charge in [-0.25, -0.2) is 0 Å². The first-order chi connectivity index (χ1) is 12.6. The molecule has 26 heavy (non-hydrogen) atoms. The highest BCUT2D eigenvalue weighted by Crippen LogP contribution is 2.32. The Morgan fingerprint density at radius 2 is 2.00 bits per heavy atom. The van der Waals surface area contributed by atoms with Crippen molar-refractivity contribution in [3.05, 3.63) is 45.8 Å². The van der Waals surface area contributed by atoms with Gasteiger partial charge in [-0.05, 0) is 17.7 Å². The predicted molar refractivity (Wildman–Crippen MR) is 89.0 cm³/mol. The van der Waals surface area contributed by atoms with Crippen LogP contribution in [0.3, 0.4) is 0 Å². The first kappa shape index (κ1) is 16.3. The molecule has 2 aliphatic heterocycles. The number of fused-ring (bicyclic) bond motifs is 1. The summed E-state index contributed by atoms with van der Waals surface area (Å²) < 4.78 is 10.7. The fourth-order valence-electron chi connectivity index (χ4n) is 3.14. The van der Waals surface area contributed by atoms with Gasteiger partial charge in [-0.3, -0.25) is 24.9 Å². The lowest BCUT2D eigenvalue weighted by atomic mass is 10.1. The van der Waals surface area contributed by atoms with Crippen LogP contribution in [0, 0.1) is 10.1 Å². The van der Waals surface area contributed by atoms with Crippen LogP contribution in [0.5, 0.6) is 11.5 Å². The second-order valence-corrected chi connectivity index (χ2v) is 6.14. The highest BCUT2D eigenvalue weighted by molar-refractivity contribution is 5.96. The van der Waals surface area contributed by atoms with Crippen LogP contribution < -0.4 is 9.47 Å². The van der Waals surface area contributed by atoms with E-state index in [9.17, 15) is 14.9 Å². The van der Waals surface area contributed by atoms with Gasteiger partial charge in [0.25, 0.3) is 5.91 Å². The average Bonchev–Trinajstić information content (AvgIpc) is 3.30. The zero-order valence-electron chi connectivity index (χ0n) is 13.9. The Balaban J connectivity index is 1.36. The van der Waals surface area contributed by atoms with Crippen molar-refractivity contribution in [3.63, 3.8) is 0 Å². The molecule has 10 heteroatoms. The van der Waals surface area contributed by atoms with Gasteiger partial charge in [0.2, 0.25) is 12.5 Å². The smallest absolute Gasteiger partial charge is 0.319 e. The summed E-state index contributed by atoms with van der Waals surface area (Å²) in [4.78, 5) is 26.7. The van der Waals surface area contributed by atoms with E-state index in [2.05, 4.69) is 15.1 Å². The van der Waals surface area contributed by atoms with Gasteiger partial charge < -0.3 is 14.4 Å². The van der Waals surface area contributed by atoms with Gasteiger partial charge in [-0.1, -0.05) is 6.07 Å². The van der Waals surface area contributed by atoms with Crippen molar-refractivity contribution in [2.45, 2.75) is 6.54 Å². The van der Waals surface area contributed by atoms with E-state index in [-0.39, 0.29) is 18.2 Å². The number of nitrogens with zero attached hydrogens (tertiary/aromatic N) is 4. The summed E-state index contributed by atoms with van der Waals surface area (Å²) in [6.07, 6.45) is 1.06. The number of hydrogen-bond donors (Lipinski definition) is 1. The second-order valence-electron chi connectivity index (χ2n) is 6.14. The molecule has 3 heterocycles. The molecule has 136 valence electrons. The maximum atomic E-state index is 12.5. The molecule has 10 nitrogen and oxygen atoms in total. The molecular weight excluding hydrogens is 342 g/mol. The molecule has 0 saturated carbocycles. The second kappa shape index (κ2) is 6.64. The summed E-state index contributed by atoms with van der Waals surface area (Å²) in [7, 11) is 0. The lowest BCUT2D eigenvalue weighted by molar-refractivity contribution is -0.385. The van der Waals surface area contributed by atoms with Crippen molar-refractivity contribution in [3.8, 4) is 11.5 Å². The molecule has 2 aliphatic rings. The van der Waals surface area contributed by atoms with Crippen LogP contribution in [0.1, 0.15) is 16.1 Å². The Bertz CT molecular complexity index is 843. The van der Waals surface area contributed by atoms with Crippen LogP contribution in [0.4, 0.5) is 5.69 Å². The Morgan fingerprint density at radius 1 is 1.23 bits per heavy atom. The highest BCUT2D eigenvalue weighted by atomic mass is 16.7. The Morgan fingerprint density at radius 3 is 2.77 bits per heavy atom. The summed E-state index contributed by atoms with van der Waals surface area (Å²) >= 11 is 0. The van der Waals surface area contributed by atoms with E-state index in [0.29, 0.717) is 26.2 Å². The van der Waals surface area contributed by atoms with Crippen molar-refractivity contribution in [2.75, 3.05) is 33.0 Å². The number of rotatable bonds is 4. The van der Waals surface area contributed by atoms with Gasteiger partial charge in [0.05, 0.1) is 4.92 Å². The zero-order chi connectivity index (χ0) is 18.1. The fraction of sp³-hybridized carbons (Fsp3) is 0.375. The largest absolute Gasteiger partial charge is 0.454 e. The van der Waals surface area contributed by atoms with Crippen LogP contribution in [0.2, 0.25) is 0 Å². The third-order valence-corrected chi connectivity index (χ3v) is 4.53. The molecule has 1 N–H and O–H groups in total. The Kier molecular flexibility index (Phi) is 4.17. The van der Waals surface area contributed by atoms with Gasteiger partial charge >= 0.3 is 5.69 Å². The van der Waals surface area contributed by atoms with Crippen LogP contribution in [-0.4, -0.2) is 63.8 Å². The highest BCUT2D eigenvalue weighted by Gasteiger charge is 2.29. The minimum absolute atomic E-state index is 0.0702. The van der Waals surface area contributed by atoms with Crippen molar-refractivity contribution >= 4 is 11.6 Å². The molecular formula is C16H17N5O5. The maximum absolute atomic E-state index is 12.5. The van der Waals surface area contributed by atoms with Crippen molar-refractivity contribution < 1.29 is 19.2 Å². The maximum Gasteiger partial charge on any atom is 0.319 e. The van der Waals surface area contributed by atoms with E-state index >= 15 is 0 Å². The number of piperazine rings is 1. The van der Waals surface area contributed by atoms with Crippen LogP contribution in [0.15, 0.2) is 24.4 Å². The third kappa shape index (κ3) is 3.06. The van der Waals surface area contributed by atoms with Crippen LogP contribution >= 0.6 is 0 Å². The molecule has 1 aromatic carbocycles. The molecule has 0 atom stereocenters. The number of amides is 1. The average molecular weight is 359 g/mol. The van der Waals surface area contributed by atoms with E-state index < -0.39 is 10.8 Å². The number of carbonyl (C=O) groups excluding carboxylic acids is 1. The number of aromatic amines is 1. The Labute approximate surface area is 148 Å². The minimum atomic E-state index is -0.605. The molecule has 0 radical (unpaired) electrons. The number of benzene rings is 1. The minimum Gasteiger partial charge on any atom is -0.454 e. The van der Waals surface area contributed by atoms with Gasteiger partial charge in [-0.15, -0.1) is 0 Å². The van der Waals surface area contributed by atoms with Gasteiger partial charge in [-0.2, -0.15) is 5.10 Å². The molecule has 1 aromatic heterocycles. The monoisotopic (exact) mass is 359 g/mol. The standard InChI is InChI=1S/C16H17N5O5/c22-16(15-12(21(23)24)8-17-18-15)20-5-3-19(4-6-20)9-11-1-2-13-14(7-11)26-10-25-13/h1-2,7-8H,3-6,9-10H2,(H,17,18). The molecule has 0 bridgehead atoms. The SMILES string of the molecule is O=C(c1[nH]ncc1[N+](=O)[O-])N1CCN(Cc2ccc3c(c2)OCO3)CC1. The quantitative estimate of drug-likeness (QED) is 0.640. The lowest BCUT2D eigenvalue weighted by Gasteiger charge is -2.34. The van der Waals surface area contributed by atoms with E-state index in [4.69, 9.17) is 9.47 Å². The number of H-pyrrole nitrogens is 1. The molecule has 1 fully saturated rings. The van der Waals surface area contributed by atoms with Crippen molar-refractivity contribution in [1.82, 2.24) is 20.0 Å². The number of nitrogens with one attached hydrogen (secondary N) is 1. The van der Waals surface area contributed by atoms with Gasteiger partial charge in [0.15, 0.2) is 11.5 Å².